The molecule has 0 radical (unpaired) electrons. The quantitative estimate of drug-likeness (QED) is 0.804. The van der Waals surface area contributed by atoms with Crippen LogP contribution in [0, 0.1) is 5.92 Å². The Morgan fingerprint density at radius 2 is 2.14 bits per heavy atom. The molecule has 120 valence electrons. The summed E-state index contributed by atoms with van der Waals surface area (Å²) in [5, 5.41) is 12.6. The van der Waals surface area contributed by atoms with E-state index in [2.05, 4.69) is 17.3 Å². The van der Waals surface area contributed by atoms with Gasteiger partial charge in [-0.1, -0.05) is 13.3 Å². The molecule has 0 aromatic rings. The minimum atomic E-state index is -0.995. The predicted octanol–water partition coefficient (Wildman–Crippen LogP) is 1.37. The van der Waals surface area contributed by atoms with E-state index in [1.165, 1.54) is 0 Å². The van der Waals surface area contributed by atoms with Crippen molar-refractivity contribution in [2.45, 2.75) is 44.6 Å². The van der Waals surface area contributed by atoms with Crippen LogP contribution < -0.4 is 5.32 Å². The van der Waals surface area contributed by atoms with Crippen molar-refractivity contribution in [2.75, 3.05) is 33.2 Å². The minimum Gasteiger partial charge on any atom is -0.479 e. The normalized spacial score (nSPS) is 29.8. The minimum absolute atomic E-state index is 0.210. The Bertz CT molecular complexity index is 402. The molecule has 2 atom stereocenters. The van der Waals surface area contributed by atoms with E-state index in [0.717, 1.165) is 32.4 Å². The maximum atomic E-state index is 12.4. The zero-order valence-electron chi connectivity index (χ0n) is 13.1. The monoisotopic (exact) mass is 297 g/mol. The van der Waals surface area contributed by atoms with Gasteiger partial charge < -0.3 is 20.2 Å². The van der Waals surface area contributed by atoms with Gasteiger partial charge in [0.05, 0.1) is 0 Å². The summed E-state index contributed by atoms with van der Waals surface area (Å²) in [5.74, 6) is -0.385. The van der Waals surface area contributed by atoms with Crippen molar-refractivity contribution in [2.24, 2.45) is 5.92 Å². The molecule has 0 aliphatic carbocycles. The predicted molar refractivity (Wildman–Crippen MR) is 80.2 cm³/mol. The number of carbonyl (C=O) groups excluding carboxylic acids is 1. The number of carbonyl (C=O) groups is 2. The number of nitrogens with zero attached hydrogens (tertiary/aromatic N) is 2. The highest BCUT2D eigenvalue weighted by atomic mass is 16.4. The van der Waals surface area contributed by atoms with Gasteiger partial charge in [0.15, 0.2) is 0 Å². The first-order chi connectivity index (χ1) is 9.99. The number of aliphatic carboxylic acids is 1. The molecule has 0 bridgehead atoms. The number of likely N-dealkylation sites (tertiary alicyclic amines) is 2. The van der Waals surface area contributed by atoms with Crippen LogP contribution in [0.3, 0.4) is 0 Å². The molecule has 2 rings (SSSR count). The zero-order valence-corrected chi connectivity index (χ0v) is 13.1. The van der Waals surface area contributed by atoms with Crippen molar-refractivity contribution in [3.8, 4) is 0 Å². The Balaban J connectivity index is 1.95. The molecule has 2 unspecified atom stereocenters. The van der Waals surface area contributed by atoms with Gasteiger partial charge in [0.1, 0.15) is 5.54 Å². The number of hydrogen-bond acceptors (Lipinski definition) is 3. The Kier molecular flexibility index (Phi) is 5.08. The Morgan fingerprint density at radius 1 is 1.38 bits per heavy atom. The molecule has 2 amide bonds. The maximum absolute atomic E-state index is 12.4. The summed E-state index contributed by atoms with van der Waals surface area (Å²) in [6.07, 6.45) is 3.73. The van der Waals surface area contributed by atoms with Crippen LogP contribution in [0.2, 0.25) is 0 Å². The van der Waals surface area contributed by atoms with Gasteiger partial charge in [0.25, 0.3) is 0 Å². The van der Waals surface area contributed by atoms with E-state index >= 15 is 0 Å². The lowest BCUT2D eigenvalue weighted by molar-refractivity contribution is -0.148. The molecule has 21 heavy (non-hydrogen) atoms. The first kappa shape index (κ1) is 16.1. The molecule has 2 N–H and O–H groups in total. The smallest absolute Gasteiger partial charge is 0.329 e. The highest BCUT2D eigenvalue weighted by Crippen LogP contribution is 2.34. The summed E-state index contributed by atoms with van der Waals surface area (Å²) >= 11 is 0. The first-order valence-corrected chi connectivity index (χ1v) is 7.97. The third-order valence-electron chi connectivity index (χ3n) is 4.83. The molecule has 6 heteroatoms. The topological polar surface area (TPSA) is 72.9 Å². The highest BCUT2D eigenvalue weighted by molar-refractivity contribution is 5.87. The largest absolute Gasteiger partial charge is 0.479 e. The van der Waals surface area contributed by atoms with Crippen molar-refractivity contribution in [1.82, 2.24) is 15.1 Å². The maximum Gasteiger partial charge on any atom is 0.329 e. The second kappa shape index (κ2) is 6.64. The van der Waals surface area contributed by atoms with E-state index < -0.39 is 11.5 Å². The number of rotatable bonds is 5. The van der Waals surface area contributed by atoms with Gasteiger partial charge in [-0.2, -0.15) is 0 Å². The standard InChI is InChI=1S/C15H27N3O3/c1-3-6-15(13(19)20)7-4-8-18(15)14(21)16-10-12-5-9-17(2)11-12/h12H,3-11H2,1-2H3,(H,16,21)(H,19,20). The van der Waals surface area contributed by atoms with Crippen LogP contribution in [0.15, 0.2) is 0 Å². The fourth-order valence-corrected chi connectivity index (χ4v) is 3.70. The summed E-state index contributed by atoms with van der Waals surface area (Å²) in [5.41, 5.74) is -0.995. The SMILES string of the molecule is CCCC1(C(=O)O)CCCN1C(=O)NCC1CCN(C)C1. The molecule has 0 aromatic carbocycles. The molecule has 2 aliphatic rings. The van der Waals surface area contributed by atoms with Gasteiger partial charge >= 0.3 is 12.0 Å². The average Bonchev–Trinajstić information content (AvgIpc) is 3.04. The highest BCUT2D eigenvalue weighted by Gasteiger charge is 2.49. The number of nitrogens with one attached hydrogen (secondary N) is 1. The number of amides is 2. The van der Waals surface area contributed by atoms with E-state index in [1.54, 1.807) is 4.90 Å². The van der Waals surface area contributed by atoms with E-state index in [1.807, 2.05) is 6.92 Å². The molecule has 0 saturated carbocycles. The van der Waals surface area contributed by atoms with Crippen LogP contribution in [-0.2, 0) is 4.79 Å². The molecule has 0 aromatic heterocycles. The van der Waals surface area contributed by atoms with Crippen molar-refractivity contribution >= 4 is 12.0 Å². The van der Waals surface area contributed by atoms with Crippen LogP contribution in [0.5, 0.6) is 0 Å². The van der Waals surface area contributed by atoms with Crippen LogP contribution in [0.25, 0.3) is 0 Å². The number of carboxylic acid groups (broad SMARTS) is 1. The van der Waals surface area contributed by atoms with Gasteiger partial charge in [0, 0.05) is 19.6 Å². The lowest BCUT2D eigenvalue weighted by atomic mass is 9.91. The van der Waals surface area contributed by atoms with Crippen molar-refractivity contribution < 1.29 is 14.7 Å². The number of hydrogen-bond donors (Lipinski definition) is 2. The van der Waals surface area contributed by atoms with Gasteiger partial charge in [-0.25, -0.2) is 9.59 Å². The fraction of sp³-hybridized carbons (Fsp3) is 0.867. The van der Waals surface area contributed by atoms with Crippen molar-refractivity contribution in [3.05, 3.63) is 0 Å². The molecule has 0 spiro atoms. The Labute approximate surface area is 126 Å². The summed E-state index contributed by atoms with van der Waals surface area (Å²) < 4.78 is 0. The van der Waals surface area contributed by atoms with E-state index in [-0.39, 0.29) is 6.03 Å². The van der Waals surface area contributed by atoms with Crippen LogP contribution in [-0.4, -0.2) is 65.7 Å². The molecular formula is C15H27N3O3. The van der Waals surface area contributed by atoms with Gasteiger partial charge in [-0.3, -0.25) is 0 Å². The van der Waals surface area contributed by atoms with Gasteiger partial charge in [0.2, 0.25) is 0 Å². The lowest BCUT2D eigenvalue weighted by Gasteiger charge is -2.34. The molecule has 6 nitrogen and oxygen atoms in total. The summed E-state index contributed by atoms with van der Waals surface area (Å²) in [6.45, 7) is 5.22. The van der Waals surface area contributed by atoms with Gasteiger partial charge in [-0.15, -0.1) is 0 Å². The molecule has 2 fully saturated rings. The second-order valence-corrected chi connectivity index (χ2v) is 6.44. The van der Waals surface area contributed by atoms with Crippen LogP contribution in [0.1, 0.15) is 39.0 Å². The van der Waals surface area contributed by atoms with E-state index in [9.17, 15) is 14.7 Å². The lowest BCUT2D eigenvalue weighted by Crippen LogP contribution is -2.56. The molecular weight excluding hydrogens is 270 g/mol. The summed E-state index contributed by atoms with van der Waals surface area (Å²) in [6, 6.07) is -0.210. The third-order valence-corrected chi connectivity index (χ3v) is 4.83. The van der Waals surface area contributed by atoms with E-state index in [0.29, 0.717) is 31.8 Å². The van der Waals surface area contributed by atoms with E-state index in [4.69, 9.17) is 0 Å². The zero-order chi connectivity index (χ0) is 15.5. The Hall–Kier alpha value is -1.30. The molecule has 2 aliphatic heterocycles. The van der Waals surface area contributed by atoms with Crippen LogP contribution >= 0.6 is 0 Å². The van der Waals surface area contributed by atoms with Crippen molar-refractivity contribution in [3.63, 3.8) is 0 Å². The second-order valence-electron chi connectivity index (χ2n) is 6.44. The summed E-state index contributed by atoms with van der Waals surface area (Å²) in [4.78, 5) is 27.9. The van der Waals surface area contributed by atoms with Gasteiger partial charge in [-0.05, 0) is 45.2 Å². The summed E-state index contributed by atoms with van der Waals surface area (Å²) in [7, 11) is 2.08. The third kappa shape index (κ3) is 3.31. The number of carboxylic acids is 1. The Morgan fingerprint density at radius 3 is 2.71 bits per heavy atom. The average molecular weight is 297 g/mol. The fourth-order valence-electron chi connectivity index (χ4n) is 3.70. The molecule has 2 heterocycles. The molecule has 2 saturated heterocycles. The van der Waals surface area contributed by atoms with Crippen LogP contribution in [0.4, 0.5) is 4.79 Å². The van der Waals surface area contributed by atoms with Crippen molar-refractivity contribution in [1.29, 1.82) is 0 Å². The first-order valence-electron chi connectivity index (χ1n) is 7.97. The number of urea groups is 1.